The summed E-state index contributed by atoms with van der Waals surface area (Å²) in [6.07, 6.45) is 2.60. The van der Waals surface area contributed by atoms with Crippen LogP contribution < -0.4 is 10.5 Å². The van der Waals surface area contributed by atoms with E-state index in [-0.39, 0.29) is 29.1 Å². The molecule has 1 aliphatic rings. The van der Waals surface area contributed by atoms with Crippen molar-refractivity contribution in [3.05, 3.63) is 11.8 Å². The lowest BCUT2D eigenvalue weighted by molar-refractivity contribution is 0.127. The van der Waals surface area contributed by atoms with Crippen molar-refractivity contribution in [2.24, 2.45) is 17.9 Å². The maximum Gasteiger partial charge on any atom is 0.236 e. The molecule has 0 amide bonds. The molecule has 9 nitrogen and oxygen atoms in total. The molecule has 4 N–H and O–H groups in total. The van der Waals surface area contributed by atoms with E-state index >= 15 is 0 Å². The van der Waals surface area contributed by atoms with Gasteiger partial charge in [-0.3, -0.25) is 9.40 Å². The molecule has 112 valence electrons. The molecule has 1 atom stereocenters. The molecule has 0 bridgehead atoms. The van der Waals surface area contributed by atoms with Gasteiger partial charge in [0.25, 0.3) is 0 Å². The third-order valence-corrected chi connectivity index (χ3v) is 4.32. The predicted octanol–water partition coefficient (Wildman–Crippen LogP) is -0.565. The highest BCUT2D eigenvalue weighted by atomic mass is 32.2. The topological polar surface area (TPSA) is 132 Å². The van der Waals surface area contributed by atoms with Gasteiger partial charge in [0.2, 0.25) is 10.0 Å². The second kappa shape index (κ2) is 5.67. The number of ether oxygens (including phenoxy) is 1. The summed E-state index contributed by atoms with van der Waals surface area (Å²) < 4.78 is 33.2. The van der Waals surface area contributed by atoms with Gasteiger partial charge in [-0.05, 0) is 12.8 Å². The average Bonchev–Trinajstić information content (AvgIpc) is 2.99. The lowest BCUT2D eigenvalue weighted by Crippen LogP contribution is -2.27. The Labute approximate surface area is 116 Å². The molecule has 1 saturated heterocycles. The number of amidine groups is 1. The van der Waals surface area contributed by atoms with Crippen molar-refractivity contribution in [2.75, 3.05) is 17.1 Å². The number of hydrogen-bond acceptors (Lipinski definition) is 6. The van der Waals surface area contributed by atoms with Crippen molar-refractivity contribution in [3.63, 3.8) is 0 Å². The third kappa shape index (κ3) is 3.20. The lowest BCUT2D eigenvalue weighted by atomic mass is 10.3. The molecule has 2 rings (SSSR count). The minimum absolute atomic E-state index is 0.131. The highest BCUT2D eigenvalue weighted by Crippen LogP contribution is 2.18. The van der Waals surface area contributed by atoms with Gasteiger partial charge in [0.05, 0.1) is 23.6 Å². The van der Waals surface area contributed by atoms with E-state index in [0.29, 0.717) is 6.61 Å². The van der Waals surface area contributed by atoms with E-state index < -0.39 is 10.0 Å². The molecule has 1 aromatic heterocycles. The number of aryl methyl sites for hydroxylation is 1. The molecular weight excluding hydrogens is 286 g/mol. The number of hydrogen-bond donors (Lipinski definition) is 3. The number of rotatable bonds is 5. The second-order valence-electron chi connectivity index (χ2n) is 4.53. The summed E-state index contributed by atoms with van der Waals surface area (Å²) in [7, 11) is -2.05. The van der Waals surface area contributed by atoms with Crippen molar-refractivity contribution >= 4 is 21.7 Å². The van der Waals surface area contributed by atoms with Crippen LogP contribution in [0.2, 0.25) is 0 Å². The van der Waals surface area contributed by atoms with Gasteiger partial charge in [-0.2, -0.15) is 5.10 Å². The molecule has 0 aliphatic carbocycles. The Bertz CT molecular complexity index is 603. The molecule has 0 spiro atoms. The summed E-state index contributed by atoms with van der Waals surface area (Å²) in [5.74, 6) is -0.195. The smallest absolute Gasteiger partial charge is 0.236 e. The first-order valence-electron chi connectivity index (χ1n) is 6.05. The summed E-state index contributed by atoms with van der Waals surface area (Å²) >= 11 is 0. The van der Waals surface area contributed by atoms with E-state index in [0.717, 1.165) is 12.8 Å². The summed E-state index contributed by atoms with van der Waals surface area (Å²) in [6, 6.07) is 0. The molecule has 1 aliphatic heterocycles. The molecular formula is C10H17N5O4S. The minimum Gasteiger partial charge on any atom is -0.409 e. The zero-order valence-corrected chi connectivity index (χ0v) is 11.8. The summed E-state index contributed by atoms with van der Waals surface area (Å²) in [5, 5.41) is 15.4. The van der Waals surface area contributed by atoms with Gasteiger partial charge in [0.15, 0.2) is 5.84 Å². The van der Waals surface area contributed by atoms with Crippen LogP contribution in [-0.2, 0) is 21.8 Å². The number of nitrogens with two attached hydrogens (primary N) is 1. The van der Waals surface area contributed by atoms with E-state index in [1.807, 2.05) is 0 Å². The van der Waals surface area contributed by atoms with Crippen molar-refractivity contribution in [1.29, 1.82) is 0 Å². The number of nitrogens with one attached hydrogen (secondary N) is 1. The zero-order valence-electron chi connectivity index (χ0n) is 11.0. The normalized spacial score (nSPS) is 20.2. The van der Waals surface area contributed by atoms with Crippen LogP contribution in [0.15, 0.2) is 11.4 Å². The van der Waals surface area contributed by atoms with E-state index in [9.17, 15) is 8.42 Å². The average molecular weight is 303 g/mol. The van der Waals surface area contributed by atoms with E-state index in [4.69, 9.17) is 15.7 Å². The Hall–Kier alpha value is -1.81. The molecule has 20 heavy (non-hydrogen) atoms. The van der Waals surface area contributed by atoms with Gasteiger partial charge >= 0.3 is 0 Å². The Morgan fingerprint density at radius 2 is 2.50 bits per heavy atom. The van der Waals surface area contributed by atoms with Gasteiger partial charge < -0.3 is 15.7 Å². The number of oxime groups is 1. The van der Waals surface area contributed by atoms with Crippen LogP contribution in [0.3, 0.4) is 0 Å². The fraction of sp³-hybridized carbons (Fsp3) is 0.600. The van der Waals surface area contributed by atoms with Crippen LogP contribution >= 0.6 is 0 Å². The largest absolute Gasteiger partial charge is 0.409 e. The van der Waals surface area contributed by atoms with Gasteiger partial charge in [-0.25, -0.2) is 8.42 Å². The Balaban J connectivity index is 2.18. The fourth-order valence-corrected chi connectivity index (χ4v) is 3.38. The molecule has 0 aromatic carbocycles. The van der Waals surface area contributed by atoms with Gasteiger partial charge in [-0.15, -0.1) is 0 Å². The molecule has 1 aromatic rings. The number of anilines is 1. The molecule has 0 radical (unpaired) electrons. The molecule has 1 fully saturated rings. The van der Waals surface area contributed by atoms with Crippen molar-refractivity contribution in [3.8, 4) is 0 Å². The first-order valence-corrected chi connectivity index (χ1v) is 7.70. The standard InChI is InChI=1S/C10H17N5O4S/c1-15-10(8(5-12-15)9(11)13-16)14-20(17,18)6-7-3-2-4-19-7/h5,7,14,16H,2-4,6H2,1H3,(H2,11,13). The van der Waals surface area contributed by atoms with Gasteiger partial charge in [-0.1, -0.05) is 5.16 Å². The molecule has 2 heterocycles. The maximum absolute atomic E-state index is 12.1. The molecule has 10 heteroatoms. The van der Waals surface area contributed by atoms with Crippen LogP contribution in [0, 0.1) is 0 Å². The lowest BCUT2D eigenvalue weighted by Gasteiger charge is -2.13. The SMILES string of the molecule is Cn1ncc(C(N)=NO)c1NS(=O)(=O)CC1CCCO1. The summed E-state index contributed by atoms with van der Waals surface area (Å²) in [5.41, 5.74) is 5.69. The van der Waals surface area contributed by atoms with Crippen molar-refractivity contribution in [1.82, 2.24) is 9.78 Å². The third-order valence-electron chi connectivity index (χ3n) is 3.00. The summed E-state index contributed by atoms with van der Waals surface area (Å²) in [4.78, 5) is 0. The quantitative estimate of drug-likeness (QED) is 0.289. The van der Waals surface area contributed by atoms with Crippen LogP contribution in [0.5, 0.6) is 0 Å². The number of nitrogens with zero attached hydrogens (tertiary/aromatic N) is 3. The van der Waals surface area contributed by atoms with E-state index in [1.165, 1.54) is 10.9 Å². The van der Waals surface area contributed by atoms with Crippen molar-refractivity contribution in [2.45, 2.75) is 18.9 Å². The van der Waals surface area contributed by atoms with Gasteiger partial charge in [0, 0.05) is 13.7 Å². The Morgan fingerprint density at radius 1 is 1.75 bits per heavy atom. The Morgan fingerprint density at radius 3 is 3.10 bits per heavy atom. The molecule has 1 unspecified atom stereocenters. The Kier molecular flexibility index (Phi) is 4.14. The van der Waals surface area contributed by atoms with Crippen LogP contribution in [0.4, 0.5) is 5.82 Å². The maximum atomic E-state index is 12.1. The first kappa shape index (κ1) is 14.6. The monoisotopic (exact) mass is 303 g/mol. The zero-order chi connectivity index (χ0) is 14.8. The van der Waals surface area contributed by atoms with Gasteiger partial charge in [0.1, 0.15) is 5.82 Å². The second-order valence-corrected chi connectivity index (χ2v) is 6.30. The minimum atomic E-state index is -3.60. The van der Waals surface area contributed by atoms with Crippen LogP contribution in [0.25, 0.3) is 0 Å². The van der Waals surface area contributed by atoms with Crippen LogP contribution in [0.1, 0.15) is 18.4 Å². The predicted molar refractivity (Wildman–Crippen MR) is 72.1 cm³/mol. The van der Waals surface area contributed by atoms with E-state index in [2.05, 4.69) is 15.0 Å². The number of sulfonamides is 1. The highest BCUT2D eigenvalue weighted by Gasteiger charge is 2.25. The van der Waals surface area contributed by atoms with E-state index in [1.54, 1.807) is 7.05 Å². The first-order chi connectivity index (χ1) is 9.43. The highest BCUT2D eigenvalue weighted by molar-refractivity contribution is 7.92. The molecule has 0 saturated carbocycles. The fourth-order valence-electron chi connectivity index (χ4n) is 2.01. The van der Waals surface area contributed by atoms with Crippen molar-refractivity contribution < 1.29 is 18.4 Å². The number of aromatic nitrogens is 2. The summed E-state index contributed by atoms with van der Waals surface area (Å²) in [6.45, 7) is 0.585. The van der Waals surface area contributed by atoms with Crippen LogP contribution in [-0.4, -0.2) is 47.7 Å².